The summed E-state index contributed by atoms with van der Waals surface area (Å²) in [6.07, 6.45) is 0.495. The summed E-state index contributed by atoms with van der Waals surface area (Å²) >= 11 is 0. The van der Waals surface area contributed by atoms with Crippen LogP contribution in [0.25, 0.3) is 0 Å². The third-order valence-electron chi connectivity index (χ3n) is 3.72. The van der Waals surface area contributed by atoms with Gasteiger partial charge in [-0.1, -0.05) is 12.1 Å². The van der Waals surface area contributed by atoms with Gasteiger partial charge in [0.25, 0.3) is 5.91 Å². The van der Waals surface area contributed by atoms with Gasteiger partial charge in [-0.05, 0) is 30.5 Å². The molecule has 9 nitrogen and oxygen atoms in total. The lowest BCUT2D eigenvalue weighted by Gasteiger charge is -2.15. The van der Waals surface area contributed by atoms with E-state index in [4.69, 9.17) is 10.8 Å². The molecule has 1 aliphatic heterocycles. The van der Waals surface area contributed by atoms with Crippen LogP contribution in [0.4, 0.5) is 0 Å². The first-order valence-corrected chi connectivity index (χ1v) is 8.39. The largest absolute Gasteiger partial charge is 0.481 e. The Kier molecular flexibility index (Phi) is 7.10. The minimum atomic E-state index is -1.08. The number of nitrogens with two attached hydrogens (primary N) is 1. The van der Waals surface area contributed by atoms with Crippen molar-refractivity contribution in [2.24, 2.45) is 10.7 Å². The van der Waals surface area contributed by atoms with E-state index in [1.54, 1.807) is 24.3 Å². The molecule has 1 unspecified atom stereocenters. The fourth-order valence-corrected chi connectivity index (χ4v) is 2.38. The van der Waals surface area contributed by atoms with Gasteiger partial charge in [-0.3, -0.25) is 24.7 Å². The van der Waals surface area contributed by atoms with E-state index in [-0.39, 0.29) is 12.3 Å². The van der Waals surface area contributed by atoms with Crippen molar-refractivity contribution in [2.45, 2.75) is 31.8 Å². The highest BCUT2D eigenvalue weighted by Crippen LogP contribution is 2.07. The molecule has 0 radical (unpaired) electrons. The van der Waals surface area contributed by atoms with Crippen LogP contribution in [0.2, 0.25) is 0 Å². The molecule has 0 bridgehead atoms. The minimum absolute atomic E-state index is 0.125. The second-order valence-corrected chi connectivity index (χ2v) is 5.93. The number of hydrogen-bond acceptors (Lipinski definition) is 6. The lowest BCUT2D eigenvalue weighted by molar-refractivity contribution is -0.137. The van der Waals surface area contributed by atoms with Crippen molar-refractivity contribution in [1.29, 1.82) is 0 Å². The number of aliphatic carboxylic acids is 1. The van der Waals surface area contributed by atoms with Crippen LogP contribution in [-0.2, 0) is 16.0 Å². The third-order valence-corrected chi connectivity index (χ3v) is 3.72. The molecular weight excluding hydrogens is 338 g/mol. The molecule has 1 aliphatic rings. The fourth-order valence-electron chi connectivity index (χ4n) is 2.38. The Bertz CT molecular complexity index is 687. The molecule has 0 aromatic heterocycles. The number of carboxylic acids is 1. The molecule has 2 amide bonds. The van der Waals surface area contributed by atoms with Crippen LogP contribution in [0, 0.1) is 0 Å². The molecule has 0 aliphatic carbocycles. The van der Waals surface area contributed by atoms with Crippen LogP contribution in [0.15, 0.2) is 29.3 Å². The second-order valence-electron chi connectivity index (χ2n) is 5.93. The van der Waals surface area contributed by atoms with E-state index < -0.39 is 18.0 Å². The SMILES string of the molecule is NC(CC(=O)O)NC(=O)c1ccc(CCC(=O)NC2=NCCCN2)cc1. The van der Waals surface area contributed by atoms with Crippen LogP contribution < -0.4 is 21.7 Å². The summed E-state index contributed by atoms with van der Waals surface area (Å²) in [5.41, 5.74) is 6.81. The zero-order chi connectivity index (χ0) is 18.9. The number of nitrogens with zero attached hydrogens (tertiary/aromatic N) is 1. The molecule has 6 N–H and O–H groups in total. The monoisotopic (exact) mass is 361 g/mol. The van der Waals surface area contributed by atoms with Crippen LogP contribution in [0.3, 0.4) is 0 Å². The van der Waals surface area contributed by atoms with E-state index in [0.717, 1.165) is 18.5 Å². The minimum Gasteiger partial charge on any atom is -0.481 e. The predicted octanol–water partition coefficient (Wildman–Crippen LogP) is -0.426. The molecule has 1 atom stereocenters. The number of carbonyl (C=O) groups is 3. The molecule has 1 aromatic rings. The van der Waals surface area contributed by atoms with E-state index in [0.29, 0.717) is 30.9 Å². The lowest BCUT2D eigenvalue weighted by atomic mass is 10.1. The Labute approximate surface area is 151 Å². The van der Waals surface area contributed by atoms with Gasteiger partial charge < -0.3 is 21.5 Å². The average Bonchev–Trinajstić information content (AvgIpc) is 2.60. The van der Waals surface area contributed by atoms with Gasteiger partial charge in [-0.2, -0.15) is 0 Å². The predicted molar refractivity (Wildman–Crippen MR) is 95.5 cm³/mol. The Hall–Kier alpha value is -2.94. The average molecular weight is 361 g/mol. The number of carboxylic acid groups (broad SMARTS) is 1. The number of amides is 2. The number of guanidine groups is 1. The molecule has 0 saturated heterocycles. The molecule has 1 heterocycles. The van der Waals surface area contributed by atoms with Crippen molar-refractivity contribution in [3.05, 3.63) is 35.4 Å². The number of rotatable bonds is 7. The van der Waals surface area contributed by atoms with Gasteiger partial charge in [0.2, 0.25) is 5.91 Å². The number of carbonyl (C=O) groups excluding carboxylic acids is 2. The maximum Gasteiger partial charge on any atom is 0.306 e. The maximum absolute atomic E-state index is 12.0. The van der Waals surface area contributed by atoms with E-state index in [1.165, 1.54) is 0 Å². The zero-order valence-electron chi connectivity index (χ0n) is 14.3. The number of nitrogens with one attached hydrogen (secondary N) is 3. The van der Waals surface area contributed by atoms with Gasteiger partial charge in [0.15, 0.2) is 5.96 Å². The van der Waals surface area contributed by atoms with Gasteiger partial charge >= 0.3 is 5.97 Å². The highest BCUT2D eigenvalue weighted by Gasteiger charge is 2.13. The maximum atomic E-state index is 12.0. The first-order valence-electron chi connectivity index (χ1n) is 8.39. The Morgan fingerprint density at radius 3 is 2.62 bits per heavy atom. The van der Waals surface area contributed by atoms with Crippen molar-refractivity contribution in [2.75, 3.05) is 13.1 Å². The number of aryl methyl sites for hydroxylation is 1. The molecule has 26 heavy (non-hydrogen) atoms. The summed E-state index contributed by atoms with van der Waals surface area (Å²) in [6, 6.07) is 6.73. The number of aliphatic imine (C=N–C) groups is 1. The van der Waals surface area contributed by atoms with Gasteiger partial charge in [-0.15, -0.1) is 0 Å². The first kappa shape index (κ1) is 19.4. The summed E-state index contributed by atoms with van der Waals surface area (Å²) < 4.78 is 0. The summed E-state index contributed by atoms with van der Waals surface area (Å²) in [5, 5.41) is 16.8. The zero-order valence-corrected chi connectivity index (χ0v) is 14.3. The van der Waals surface area contributed by atoms with E-state index in [2.05, 4.69) is 20.9 Å². The van der Waals surface area contributed by atoms with Crippen LogP contribution in [0.1, 0.15) is 35.2 Å². The van der Waals surface area contributed by atoms with Crippen molar-refractivity contribution in [1.82, 2.24) is 16.0 Å². The van der Waals surface area contributed by atoms with Crippen LogP contribution in [-0.4, -0.2) is 48.1 Å². The summed E-state index contributed by atoms with van der Waals surface area (Å²) in [4.78, 5) is 38.6. The van der Waals surface area contributed by atoms with E-state index in [1.807, 2.05) is 0 Å². The van der Waals surface area contributed by atoms with Gasteiger partial charge in [0.1, 0.15) is 0 Å². The highest BCUT2D eigenvalue weighted by molar-refractivity contribution is 5.97. The van der Waals surface area contributed by atoms with Gasteiger partial charge in [0.05, 0.1) is 12.6 Å². The number of benzene rings is 1. The molecule has 140 valence electrons. The van der Waals surface area contributed by atoms with Crippen molar-refractivity contribution >= 4 is 23.7 Å². The molecule has 2 rings (SSSR count). The molecule has 0 spiro atoms. The van der Waals surface area contributed by atoms with Crippen molar-refractivity contribution in [3.8, 4) is 0 Å². The molecule has 0 saturated carbocycles. The number of hydrogen-bond donors (Lipinski definition) is 5. The fraction of sp³-hybridized carbons (Fsp3) is 0.412. The van der Waals surface area contributed by atoms with Crippen LogP contribution in [0.5, 0.6) is 0 Å². The van der Waals surface area contributed by atoms with Gasteiger partial charge in [0, 0.05) is 25.1 Å². The third kappa shape index (κ3) is 6.52. The lowest BCUT2D eigenvalue weighted by Crippen LogP contribution is -2.43. The standard InChI is InChI=1S/C17H23N5O4/c18-13(10-15(24)25)21-16(26)12-5-2-11(3-6-12)4-7-14(23)22-17-19-8-1-9-20-17/h2-3,5-6,13H,1,4,7-10,18H2,(H,21,26)(H,24,25)(H2,19,20,22,23). The molecule has 0 fully saturated rings. The molecule has 9 heteroatoms. The quantitative estimate of drug-likeness (QED) is 0.417. The van der Waals surface area contributed by atoms with Gasteiger partial charge in [-0.25, -0.2) is 0 Å². The Morgan fingerprint density at radius 1 is 1.27 bits per heavy atom. The topological polar surface area (TPSA) is 146 Å². The summed E-state index contributed by atoms with van der Waals surface area (Å²) in [7, 11) is 0. The normalized spacial score (nSPS) is 14.6. The van der Waals surface area contributed by atoms with Crippen LogP contribution >= 0.6 is 0 Å². The summed E-state index contributed by atoms with van der Waals surface area (Å²) in [5.74, 6) is -1.13. The van der Waals surface area contributed by atoms with E-state index in [9.17, 15) is 14.4 Å². The molecule has 1 aromatic carbocycles. The Balaban J connectivity index is 1.79. The smallest absolute Gasteiger partial charge is 0.306 e. The second kappa shape index (κ2) is 9.52. The Morgan fingerprint density at radius 2 is 2.00 bits per heavy atom. The van der Waals surface area contributed by atoms with Crippen molar-refractivity contribution < 1.29 is 19.5 Å². The van der Waals surface area contributed by atoms with E-state index >= 15 is 0 Å². The molecular formula is C17H23N5O4. The highest BCUT2D eigenvalue weighted by atomic mass is 16.4. The first-order chi connectivity index (χ1) is 12.4. The summed E-state index contributed by atoms with van der Waals surface area (Å²) in [6.45, 7) is 1.51. The van der Waals surface area contributed by atoms with Crippen molar-refractivity contribution in [3.63, 3.8) is 0 Å².